The highest BCUT2D eigenvalue weighted by Gasteiger charge is 2.24. The highest BCUT2D eigenvalue weighted by molar-refractivity contribution is 5.84. The summed E-state index contributed by atoms with van der Waals surface area (Å²) in [6.45, 7) is 0.661. The lowest BCUT2D eigenvalue weighted by atomic mass is 10.1. The van der Waals surface area contributed by atoms with Crippen LogP contribution in [0.5, 0.6) is 5.75 Å². The minimum atomic E-state index is -1.08. The summed E-state index contributed by atoms with van der Waals surface area (Å²) in [7, 11) is 0. The fourth-order valence-corrected chi connectivity index (χ4v) is 2.33. The summed E-state index contributed by atoms with van der Waals surface area (Å²) in [6, 6.07) is 5.27. The van der Waals surface area contributed by atoms with Gasteiger partial charge >= 0.3 is 5.97 Å². The maximum atomic E-state index is 11.9. The van der Waals surface area contributed by atoms with Gasteiger partial charge in [0.1, 0.15) is 11.8 Å². The Bertz CT molecular complexity index is 493. The van der Waals surface area contributed by atoms with E-state index in [2.05, 4.69) is 5.32 Å². The van der Waals surface area contributed by atoms with Gasteiger partial charge in [-0.1, -0.05) is 12.1 Å². The fourth-order valence-electron chi connectivity index (χ4n) is 2.33. The maximum Gasteiger partial charge on any atom is 0.326 e. The molecule has 1 aromatic carbocycles. The van der Waals surface area contributed by atoms with Gasteiger partial charge in [0, 0.05) is 13.0 Å². The van der Waals surface area contributed by atoms with Crippen molar-refractivity contribution >= 4 is 11.9 Å². The number of carbonyl (C=O) groups excluding carboxylic acids is 1. The number of carbonyl (C=O) groups is 2. The predicted octanol–water partition coefficient (Wildman–Crippen LogP) is 1.07. The van der Waals surface area contributed by atoms with Gasteiger partial charge < -0.3 is 20.3 Å². The van der Waals surface area contributed by atoms with E-state index in [0.29, 0.717) is 6.61 Å². The normalized spacial score (nSPS) is 19.1. The van der Waals surface area contributed by atoms with Crippen LogP contribution in [0, 0.1) is 0 Å². The molecule has 21 heavy (non-hydrogen) atoms. The topological polar surface area (TPSA) is 95.9 Å². The monoisotopic (exact) mass is 293 g/mol. The van der Waals surface area contributed by atoms with E-state index in [4.69, 9.17) is 4.74 Å². The standard InChI is InChI=1S/C15H19NO5/c17-11-5-3-10(4-6-11)8-13(15(19)20)16-14(18)9-12-2-1-7-21-12/h3-6,12-13,17H,1-2,7-9H2,(H,16,18)(H,19,20)/t12?,13-/m0/s1. The molecule has 0 bridgehead atoms. The molecule has 2 atom stereocenters. The fraction of sp³-hybridized carbons (Fsp3) is 0.467. The van der Waals surface area contributed by atoms with Crippen LogP contribution in [0.2, 0.25) is 0 Å². The van der Waals surface area contributed by atoms with E-state index >= 15 is 0 Å². The second-order valence-corrected chi connectivity index (χ2v) is 5.17. The van der Waals surface area contributed by atoms with Gasteiger partial charge in [-0.25, -0.2) is 4.79 Å². The molecular weight excluding hydrogens is 274 g/mol. The van der Waals surface area contributed by atoms with E-state index < -0.39 is 12.0 Å². The van der Waals surface area contributed by atoms with Gasteiger partial charge in [0.25, 0.3) is 0 Å². The van der Waals surface area contributed by atoms with Crippen LogP contribution in [0.15, 0.2) is 24.3 Å². The van der Waals surface area contributed by atoms with Crippen molar-refractivity contribution in [1.82, 2.24) is 5.32 Å². The van der Waals surface area contributed by atoms with Crippen LogP contribution in [0.4, 0.5) is 0 Å². The Balaban J connectivity index is 1.90. The summed E-state index contributed by atoms with van der Waals surface area (Å²) in [5.74, 6) is -1.27. The zero-order valence-corrected chi connectivity index (χ0v) is 11.6. The molecule has 114 valence electrons. The molecule has 1 aliphatic heterocycles. The molecular formula is C15H19NO5. The van der Waals surface area contributed by atoms with Crippen LogP contribution in [-0.4, -0.2) is 40.8 Å². The Hall–Kier alpha value is -2.08. The summed E-state index contributed by atoms with van der Waals surface area (Å²) in [6.07, 6.45) is 2.04. The van der Waals surface area contributed by atoms with Crippen molar-refractivity contribution in [2.24, 2.45) is 0 Å². The summed E-state index contributed by atoms with van der Waals surface area (Å²) >= 11 is 0. The number of hydrogen-bond donors (Lipinski definition) is 3. The van der Waals surface area contributed by atoms with Crippen molar-refractivity contribution in [2.75, 3.05) is 6.61 Å². The molecule has 6 nitrogen and oxygen atoms in total. The number of carboxylic acids is 1. The first-order chi connectivity index (χ1) is 10.0. The Morgan fingerprint density at radius 3 is 2.62 bits per heavy atom. The van der Waals surface area contributed by atoms with Crippen molar-refractivity contribution in [3.8, 4) is 5.75 Å². The summed E-state index contributed by atoms with van der Waals surface area (Å²) in [4.78, 5) is 23.1. The van der Waals surface area contributed by atoms with Crippen LogP contribution in [0.3, 0.4) is 0 Å². The molecule has 1 aromatic rings. The lowest BCUT2D eigenvalue weighted by molar-refractivity contribution is -0.142. The molecule has 2 rings (SSSR count). The second kappa shape index (κ2) is 7.08. The van der Waals surface area contributed by atoms with Crippen molar-refractivity contribution in [3.63, 3.8) is 0 Å². The third-order valence-corrected chi connectivity index (χ3v) is 3.45. The minimum absolute atomic E-state index is 0.104. The summed E-state index contributed by atoms with van der Waals surface area (Å²) < 4.78 is 5.36. The third-order valence-electron chi connectivity index (χ3n) is 3.45. The van der Waals surface area contributed by atoms with E-state index in [0.717, 1.165) is 18.4 Å². The summed E-state index contributed by atoms with van der Waals surface area (Å²) in [5, 5.41) is 20.9. The number of rotatable bonds is 6. The van der Waals surface area contributed by atoms with Gasteiger partial charge in [0.15, 0.2) is 0 Å². The zero-order valence-electron chi connectivity index (χ0n) is 11.6. The lowest BCUT2D eigenvalue weighted by Gasteiger charge is -2.16. The number of amides is 1. The Kier molecular flexibility index (Phi) is 5.16. The Labute approximate surface area is 122 Å². The smallest absolute Gasteiger partial charge is 0.326 e. The number of carboxylic acid groups (broad SMARTS) is 1. The first kappa shape index (κ1) is 15.3. The average Bonchev–Trinajstić information content (AvgIpc) is 2.93. The zero-order chi connectivity index (χ0) is 15.2. The number of nitrogens with one attached hydrogen (secondary N) is 1. The molecule has 6 heteroatoms. The molecule has 0 spiro atoms. The van der Waals surface area contributed by atoms with Gasteiger partial charge in [0.2, 0.25) is 5.91 Å². The Morgan fingerprint density at radius 1 is 1.33 bits per heavy atom. The molecule has 1 amide bonds. The highest BCUT2D eigenvalue weighted by Crippen LogP contribution is 2.15. The number of phenolic OH excluding ortho intramolecular Hbond substituents is 1. The van der Waals surface area contributed by atoms with E-state index in [-0.39, 0.29) is 30.6 Å². The van der Waals surface area contributed by atoms with E-state index in [1.807, 2.05) is 0 Å². The average molecular weight is 293 g/mol. The largest absolute Gasteiger partial charge is 0.508 e. The predicted molar refractivity (Wildman–Crippen MR) is 75.0 cm³/mol. The van der Waals surface area contributed by atoms with Crippen molar-refractivity contribution in [3.05, 3.63) is 29.8 Å². The number of benzene rings is 1. The third kappa shape index (κ3) is 4.75. The molecule has 1 heterocycles. The molecule has 1 saturated heterocycles. The number of aromatic hydroxyl groups is 1. The van der Waals surface area contributed by atoms with Gasteiger partial charge in [0.05, 0.1) is 12.5 Å². The molecule has 0 aliphatic carbocycles. The first-order valence-electron chi connectivity index (χ1n) is 6.96. The highest BCUT2D eigenvalue weighted by atomic mass is 16.5. The van der Waals surface area contributed by atoms with Crippen LogP contribution in [-0.2, 0) is 20.7 Å². The first-order valence-corrected chi connectivity index (χ1v) is 6.96. The van der Waals surface area contributed by atoms with Crippen LogP contribution in [0.25, 0.3) is 0 Å². The van der Waals surface area contributed by atoms with Gasteiger partial charge in [-0.2, -0.15) is 0 Å². The van der Waals surface area contributed by atoms with Gasteiger partial charge in [-0.3, -0.25) is 4.79 Å². The van der Waals surface area contributed by atoms with E-state index in [9.17, 15) is 19.8 Å². The molecule has 1 aliphatic rings. The number of aliphatic carboxylic acids is 1. The van der Waals surface area contributed by atoms with Gasteiger partial charge in [-0.15, -0.1) is 0 Å². The lowest BCUT2D eigenvalue weighted by Crippen LogP contribution is -2.43. The van der Waals surface area contributed by atoms with E-state index in [1.165, 1.54) is 12.1 Å². The number of hydrogen-bond acceptors (Lipinski definition) is 4. The van der Waals surface area contributed by atoms with Gasteiger partial charge in [-0.05, 0) is 30.5 Å². The van der Waals surface area contributed by atoms with Crippen LogP contribution < -0.4 is 5.32 Å². The maximum absolute atomic E-state index is 11.9. The number of ether oxygens (including phenoxy) is 1. The minimum Gasteiger partial charge on any atom is -0.508 e. The molecule has 0 radical (unpaired) electrons. The molecule has 1 unspecified atom stereocenters. The van der Waals surface area contributed by atoms with Crippen LogP contribution >= 0.6 is 0 Å². The molecule has 0 aromatic heterocycles. The van der Waals surface area contributed by atoms with E-state index in [1.54, 1.807) is 12.1 Å². The quantitative estimate of drug-likeness (QED) is 0.729. The molecule has 3 N–H and O–H groups in total. The summed E-state index contributed by atoms with van der Waals surface area (Å²) in [5.41, 5.74) is 0.734. The van der Waals surface area contributed by atoms with Crippen molar-refractivity contribution < 1.29 is 24.5 Å². The molecule has 0 saturated carbocycles. The van der Waals surface area contributed by atoms with Crippen molar-refractivity contribution in [2.45, 2.75) is 37.8 Å². The molecule has 1 fully saturated rings. The SMILES string of the molecule is O=C(CC1CCCO1)N[C@@H](Cc1ccc(O)cc1)C(=O)O. The van der Waals surface area contributed by atoms with Crippen molar-refractivity contribution in [1.29, 1.82) is 0 Å². The number of phenols is 1. The second-order valence-electron chi connectivity index (χ2n) is 5.17. The Morgan fingerprint density at radius 2 is 2.05 bits per heavy atom. The van der Waals surface area contributed by atoms with Crippen LogP contribution in [0.1, 0.15) is 24.8 Å².